The lowest BCUT2D eigenvalue weighted by Gasteiger charge is -2.10. The van der Waals surface area contributed by atoms with Crippen LogP contribution in [0.15, 0.2) is 18.2 Å². The van der Waals surface area contributed by atoms with Crippen molar-refractivity contribution in [3.05, 3.63) is 34.9 Å². The SMILES string of the molecule is CCc1ccc2c(c1)C=C2. The quantitative estimate of drug-likeness (QED) is 0.556. The first-order chi connectivity index (χ1) is 4.90. The molecule has 50 valence electrons. The third-order valence-corrected chi connectivity index (χ3v) is 2.00. The second-order valence-corrected chi connectivity index (χ2v) is 2.65. The molecule has 0 heterocycles. The van der Waals surface area contributed by atoms with Crippen LogP contribution in [0, 0.1) is 0 Å². The minimum Gasteiger partial charge on any atom is -0.0613 e. The predicted octanol–water partition coefficient (Wildman–Crippen LogP) is 2.73. The van der Waals surface area contributed by atoms with Crippen LogP contribution in [0.4, 0.5) is 0 Å². The molecule has 10 heavy (non-hydrogen) atoms. The van der Waals surface area contributed by atoms with Gasteiger partial charge < -0.3 is 0 Å². The third kappa shape index (κ3) is 0.688. The van der Waals surface area contributed by atoms with E-state index in [4.69, 9.17) is 0 Å². The lowest BCUT2D eigenvalue weighted by Crippen LogP contribution is -1.90. The highest BCUT2D eigenvalue weighted by Crippen LogP contribution is 2.24. The van der Waals surface area contributed by atoms with Crippen LogP contribution in [0.1, 0.15) is 23.6 Å². The van der Waals surface area contributed by atoms with Gasteiger partial charge >= 0.3 is 0 Å². The van der Waals surface area contributed by atoms with Gasteiger partial charge in [-0.25, -0.2) is 0 Å². The van der Waals surface area contributed by atoms with Crippen molar-refractivity contribution in [1.29, 1.82) is 0 Å². The fourth-order valence-corrected chi connectivity index (χ4v) is 1.22. The molecule has 0 atom stereocenters. The Labute approximate surface area is 61.2 Å². The number of benzene rings is 1. The maximum Gasteiger partial charge on any atom is -0.0181 e. The topological polar surface area (TPSA) is 0 Å². The van der Waals surface area contributed by atoms with Crippen molar-refractivity contribution < 1.29 is 0 Å². The highest BCUT2D eigenvalue weighted by atomic mass is 14.1. The van der Waals surface area contributed by atoms with Crippen LogP contribution >= 0.6 is 0 Å². The molecule has 0 saturated heterocycles. The Balaban J connectivity index is 2.46. The largest absolute Gasteiger partial charge is 0.0613 e. The summed E-state index contributed by atoms with van der Waals surface area (Å²) in [5.41, 5.74) is 4.22. The smallest absolute Gasteiger partial charge is 0.0181 e. The Hall–Kier alpha value is -1.04. The average molecular weight is 130 g/mol. The fourth-order valence-electron chi connectivity index (χ4n) is 1.22. The van der Waals surface area contributed by atoms with Crippen molar-refractivity contribution in [3.8, 4) is 0 Å². The summed E-state index contributed by atoms with van der Waals surface area (Å²) < 4.78 is 0. The van der Waals surface area contributed by atoms with Gasteiger partial charge in [-0.2, -0.15) is 0 Å². The molecule has 0 fully saturated rings. The zero-order valence-electron chi connectivity index (χ0n) is 6.09. The summed E-state index contributed by atoms with van der Waals surface area (Å²) in [6.07, 6.45) is 5.45. The number of rotatable bonds is 1. The molecule has 0 N–H and O–H groups in total. The second-order valence-electron chi connectivity index (χ2n) is 2.65. The van der Waals surface area contributed by atoms with Gasteiger partial charge in [0.1, 0.15) is 0 Å². The lowest BCUT2D eigenvalue weighted by atomic mass is 9.95. The molecule has 2 rings (SSSR count). The second kappa shape index (κ2) is 1.98. The van der Waals surface area contributed by atoms with Crippen LogP contribution < -0.4 is 0 Å². The Kier molecular flexibility index (Phi) is 1.13. The van der Waals surface area contributed by atoms with E-state index in [1.807, 2.05) is 0 Å². The van der Waals surface area contributed by atoms with E-state index in [1.54, 1.807) is 0 Å². The Bertz CT molecular complexity index is 282. The molecular weight excluding hydrogens is 120 g/mol. The minimum absolute atomic E-state index is 1.14. The van der Waals surface area contributed by atoms with Crippen LogP contribution in [0.3, 0.4) is 0 Å². The van der Waals surface area contributed by atoms with Crippen LogP contribution in [-0.2, 0) is 6.42 Å². The molecule has 1 aromatic rings. The Morgan fingerprint density at radius 1 is 1.10 bits per heavy atom. The van der Waals surface area contributed by atoms with E-state index in [-0.39, 0.29) is 0 Å². The monoisotopic (exact) mass is 130 g/mol. The van der Waals surface area contributed by atoms with Crippen LogP contribution in [0.25, 0.3) is 12.2 Å². The normalized spacial score (nSPS) is 12.5. The lowest BCUT2D eigenvalue weighted by molar-refractivity contribution is 1.14. The van der Waals surface area contributed by atoms with Gasteiger partial charge in [0.2, 0.25) is 0 Å². The first-order valence-corrected chi connectivity index (χ1v) is 3.71. The number of hydrogen-bond donors (Lipinski definition) is 0. The van der Waals surface area contributed by atoms with E-state index in [1.165, 1.54) is 16.7 Å². The summed E-state index contributed by atoms with van der Waals surface area (Å²) >= 11 is 0. The molecule has 0 nitrogen and oxygen atoms in total. The summed E-state index contributed by atoms with van der Waals surface area (Å²) in [4.78, 5) is 0. The first kappa shape index (κ1) is 5.72. The zero-order valence-corrected chi connectivity index (χ0v) is 6.09. The van der Waals surface area contributed by atoms with Gasteiger partial charge in [-0.15, -0.1) is 0 Å². The molecule has 0 heteroatoms. The number of hydrogen-bond acceptors (Lipinski definition) is 0. The van der Waals surface area contributed by atoms with E-state index in [0.29, 0.717) is 0 Å². The Morgan fingerprint density at radius 3 is 2.40 bits per heavy atom. The van der Waals surface area contributed by atoms with E-state index < -0.39 is 0 Å². The summed E-state index contributed by atoms with van der Waals surface area (Å²) in [6, 6.07) is 6.64. The predicted molar refractivity (Wildman–Crippen MR) is 44.7 cm³/mol. The van der Waals surface area contributed by atoms with Crippen molar-refractivity contribution in [2.75, 3.05) is 0 Å². The molecule has 0 saturated carbocycles. The molecule has 0 unspecified atom stereocenters. The first-order valence-electron chi connectivity index (χ1n) is 3.71. The number of aryl methyl sites for hydroxylation is 1. The van der Waals surface area contributed by atoms with Gasteiger partial charge in [0.25, 0.3) is 0 Å². The minimum atomic E-state index is 1.14. The molecule has 1 aliphatic carbocycles. The van der Waals surface area contributed by atoms with E-state index >= 15 is 0 Å². The molecular formula is C10H10. The van der Waals surface area contributed by atoms with E-state index in [2.05, 4.69) is 37.3 Å². The molecule has 1 aliphatic rings. The summed E-state index contributed by atoms with van der Waals surface area (Å²) in [5, 5.41) is 0. The van der Waals surface area contributed by atoms with Crippen molar-refractivity contribution in [3.63, 3.8) is 0 Å². The van der Waals surface area contributed by atoms with Crippen LogP contribution in [-0.4, -0.2) is 0 Å². The third-order valence-electron chi connectivity index (χ3n) is 2.00. The van der Waals surface area contributed by atoms with Crippen molar-refractivity contribution in [2.45, 2.75) is 13.3 Å². The molecule has 0 amide bonds. The van der Waals surface area contributed by atoms with Crippen LogP contribution in [0.5, 0.6) is 0 Å². The highest BCUT2D eigenvalue weighted by Gasteiger charge is 2.03. The van der Waals surface area contributed by atoms with Gasteiger partial charge in [-0.1, -0.05) is 37.3 Å². The Morgan fingerprint density at radius 2 is 1.90 bits per heavy atom. The van der Waals surface area contributed by atoms with E-state index in [9.17, 15) is 0 Å². The van der Waals surface area contributed by atoms with Gasteiger partial charge in [-0.3, -0.25) is 0 Å². The molecule has 0 bridgehead atoms. The van der Waals surface area contributed by atoms with Gasteiger partial charge in [-0.05, 0) is 23.1 Å². The fraction of sp³-hybridized carbons (Fsp3) is 0.200. The molecule has 0 aliphatic heterocycles. The van der Waals surface area contributed by atoms with Crippen molar-refractivity contribution >= 4 is 12.2 Å². The molecule has 0 aromatic heterocycles. The molecule has 0 radical (unpaired) electrons. The molecule has 1 aromatic carbocycles. The summed E-state index contributed by atoms with van der Waals surface area (Å²) in [5.74, 6) is 0. The van der Waals surface area contributed by atoms with Gasteiger partial charge in [0, 0.05) is 0 Å². The summed E-state index contributed by atoms with van der Waals surface area (Å²) in [6.45, 7) is 2.18. The van der Waals surface area contributed by atoms with Crippen molar-refractivity contribution in [1.82, 2.24) is 0 Å². The van der Waals surface area contributed by atoms with Crippen molar-refractivity contribution in [2.24, 2.45) is 0 Å². The van der Waals surface area contributed by atoms with Crippen LogP contribution in [0.2, 0.25) is 0 Å². The van der Waals surface area contributed by atoms with E-state index in [0.717, 1.165) is 6.42 Å². The highest BCUT2D eigenvalue weighted by molar-refractivity contribution is 5.85. The average Bonchev–Trinajstić information content (AvgIpc) is 1.92. The standard InChI is InChI=1S/C10H10/c1-2-8-3-4-9-5-6-10(9)7-8/h3-7H,2H2,1H3. The number of fused-ring (bicyclic) bond motifs is 1. The zero-order chi connectivity index (χ0) is 6.97. The maximum atomic E-state index is 2.26. The molecule has 0 spiro atoms. The maximum absolute atomic E-state index is 2.26. The van der Waals surface area contributed by atoms with Gasteiger partial charge in [0.05, 0.1) is 0 Å². The summed E-state index contributed by atoms with van der Waals surface area (Å²) in [7, 11) is 0. The van der Waals surface area contributed by atoms with Gasteiger partial charge in [0.15, 0.2) is 0 Å².